The van der Waals surface area contributed by atoms with Crippen molar-refractivity contribution in [2.24, 2.45) is 11.8 Å². The second kappa shape index (κ2) is 14.7. The number of halogens is 4. The lowest BCUT2D eigenvalue weighted by molar-refractivity contribution is -0.136. The first-order chi connectivity index (χ1) is 28.8. The quantitative estimate of drug-likeness (QED) is 0.148. The van der Waals surface area contributed by atoms with E-state index in [4.69, 9.17) is 0 Å². The fourth-order valence-corrected chi connectivity index (χ4v) is 10.9. The first-order valence-corrected chi connectivity index (χ1v) is 21.0. The number of alkyl halides is 2. The van der Waals surface area contributed by atoms with Crippen LogP contribution in [0.25, 0.3) is 16.6 Å². The van der Waals surface area contributed by atoms with Crippen molar-refractivity contribution in [3.05, 3.63) is 106 Å². The second-order valence-corrected chi connectivity index (χ2v) is 17.6. The molecule has 2 N–H and O–H groups in total. The van der Waals surface area contributed by atoms with Crippen LogP contribution in [0.15, 0.2) is 55.1 Å². The third-order valence-electron chi connectivity index (χ3n) is 14.2. The average Bonchev–Trinajstić information content (AvgIpc) is 3.85. The molecule has 1 saturated carbocycles. The number of amides is 3. The Kier molecular flexibility index (Phi) is 9.51. The molecule has 3 amide bonds. The normalized spacial score (nSPS) is 26.1. The van der Waals surface area contributed by atoms with Gasteiger partial charge in [-0.1, -0.05) is 24.8 Å². The molecule has 312 valence electrons. The van der Waals surface area contributed by atoms with Crippen molar-refractivity contribution in [1.82, 2.24) is 25.0 Å². The molecular weight excluding hydrogens is 777 g/mol. The van der Waals surface area contributed by atoms with Crippen molar-refractivity contribution in [3.63, 3.8) is 0 Å². The predicted octanol–water partition coefficient (Wildman–Crippen LogP) is 6.86. The van der Waals surface area contributed by atoms with Crippen LogP contribution in [-0.4, -0.2) is 87.4 Å². The van der Waals surface area contributed by atoms with E-state index in [0.717, 1.165) is 40.4 Å². The number of para-hydroxylation sites is 1. The number of piperidine rings is 2. The zero-order chi connectivity index (χ0) is 41.7. The molecule has 1 aliphatic carbocycles. The molecule has 1 unspecified atom stereocenters. The van der Waals surface area contributed by atoms with E-state index >= 15 is 8.78 Å². The summed E-state index contributed by atoms with van der Waals surface area (Å²) in [7, 11) is 0. The standard InChI is InChI=1S/C46H46F4N6O4/c1-23-13-33-31-5-3-4-6-37(31)51-42(33)43(55(23)22-39(49)50)41-35(47)18-30(19-36(41)48)53-11-9-25(10-12-53)44(58)26-14-29(15-26)54-20-27-16-32-24(2)56(38-7-8-40(57)52-45(38)59)46(60)34(32)17-28(27)21-54/h3-6,16-19,23,25-26,29,38-39,43,51H,2,7-15,20-22H2,1H3,(H,52,57,59)/t23-,26?,29?,38?,43-/m1/s1. The molecule has 2 saturated heterocycles. The summed E-state index contributed by atoms with van der Waals surface area (Å²) < 4.78 is 60.3. The number of hydrogen-bond acceptors (Lipinski definition) is 7. The number of benzene rings is 3. The van der Waals surface area contributed by atoms with E-state index in [0.29, 0.717) is 73.6 Å². The molecule has 0 radical (unpaired) electrons. The van der Waals surface area contributed by atoms with Crippen LogP contribution in [0.2, 0.25) is 0 Å². The molecule has 0 spiro atoms. The lowest BCUT2D eigenvalue weighted by Crippen LogP contribution is -2.52. The Morgan fingerprint density at radius 2 is 1.60 bits per heavy atom. The summed E-state index contributed by atoms with van der Waals surface area (Å²) in [4.78, 5) is 61.9. The topological polar surface area (TPSA) is 109 Å². The van der Waals surface area contributed by atoms with Gasteiger partial charge in [0, 0.05) is 101 Å². The van der Waals surface area contributed by atoms with Crippen LogP contribution in [-0.2, 0) is 33.9 Å². The lowest BCUT2D eigenvalue weighted by Gasteiger charge is -2.43. The minimum absolute atomic E-state index is 0.0542. The van der Waals surface area contributed by atoms with Crippen molar-refractivity contribution in [1.29, 1.82) is 0 Å². The molecule has 14 heteroatoms. The van der Waals surface area contributed by atoms with Crippen LogP contribution < -0.4 is 10.2 Å². The molecule has 60 heavy (non-hydrogen) atoms. The molecule has 6 aliphatic rings. The summed E-state index contributed by atoms with van der Waals surface area (Å²) in [5, 5.41) is 3.25. The van der Waals surface area contributed by atoms with Crippen LogP contribution in [0, 0.1) is 23.5 Å². The predicted molar refractivity (Wildman–Crippen MR) is 216 cm³/mol. The molecular formula is C46H46F4N6O4. The highest BCUT2D eigenvalue weighted by atomic mass is 19.3. The number of imide groups is 1. The Hall–Kier alpha value is -5.34. The van der Waals surface area contributed by atoms with Crippen LogP contribution in [0.4, 0.5) is 23.2 Å². The number of aromatic amines is 1. The fraction of sp³-hybridized carbons (Fsp3) is 0.435. The van der Waals surface area contributed by atoms with Gasteiger partial charge < -0.3 is 9.88 Å². The zero-order valence-electron chi connectivity index (χ0n) is 33.3. The van der Waals surface area contributed by atoms with Crippen molar-refractivity contribution < 1.29 is 36.7 Å². The molecule has 3 fully saturated rings. The number of nitrogens with one attached hydrogen (secondary N) is 2. The lowest BCUT2D eigenvalue weighted by atomic mass is 9.72. The zero-order valence-corrected chi connectivity index (χ0v) is 33.3. The number of aromatic nitrogens is 1. The first-order valence-electron chi connectivity index (χ1n) is 21.0. The maximum atomic E-state index is 16.3. The number of fused-ring (bicyclic) bond motifs is 5. The second-order valence-electron chi connectivity index (χ2n) is 17.6. The van der Waals surface area contributed by atoms with E-state index in [2.05, 4.69) is 21.8 Å². The Balaban J connectivity index is 0.766. The Morgan fingerprint density at radius 3 is 2.28 bits per heavy atom. The van der Waals surface area contributed by atoms with E-state index in [1.807, 2.05) is 48.2 Å². The van der Waals surface area contributed by atoms with Gasteiger partial charge >= 0.3 is 0 Å². The minimum atomic E-state index is -2.68. The molecule has 3 atom stereocenters. The highest BCUT2D eigenvalue weighted by Gasteiger charge is 2.46. The Labute approximate surface area is 344 Å². The molecule has 1 aromatic heterocycles. The van der Waals surface area contributed by atoms with Crippen LogP contribution in [0.1, 0.15) is 95.4 Å². The highest BCUT2D eigenvalue weighted by Crippen LogP contribution is 2.45. The summed E-state index contributed by atoms with van der Waals surface area (Å²) in [5.41, 5.74) is 6.18. The first kappa shape index (κ1) is 38.8. The summed E-state index contributed by atoms with van der Waals surface area (Å²) >= 11 is 0. The van der Waals surface area contributed by atoms with Crippen molar-refractivity contribution >= 4 is 45.8 Å². The number of anilines is 1. The van der Waals surface area contributed by atoms with Gasteiger partial charge in [0.15, 0.2) is 0 Å². The number of nitrogens with zero attached hydrogens (tertiary/aromatic N) is 4. The van der Waals surface area contributed by atoms with Gasteiger partial charge in [-0.15, -0.1) is 0 Å². The third-order valence-corrected chi connectivity index (χ3v) is 14.2. The number of H-pyrrole nitrogens is 1. The fourth-order valence-electron chi connectivity index (χ4n) is 10.9. The molecule has 5 aliphatic heterocycles. The smallest absolute Gasteiger partial charge is 0.259 e. The Bertz CT molecular complexity index is 2420. The largest absolute Gasteiger partial charge is 0.371 e. The van der Waals surface area contributed by atoms with Crippen molar-refractivity contribution in [2.75, 3.05) is 24.5 Å². The number of rotatable bonds is 8. The van der Waals surface area contributed by atoms with Gasteiger partial charge in [-0.2, -0.15) is 0 Å². The monoisotopic (exact) mass is 822 g/mol. The van der Waals surface area contributed by atoms with E-state index in [1.54, 1.807) is 0 Å². The summed E-state index contributed by atoms with van der Waals surface area (Å²) in [6.07, 6.45) is 0.855. The molecule has 0 bridgehead atoms. The number of ketones is 1. The van der Waals surface area contributed by atoms with Gasteiger partial charge in [-0.05, 0) is 92.5 Å². The molecule has 4 aromatic rings. The van der Waals surface area contributed by atoms with Gasteiger partial charge in [0.05, 0.1) is 12.6 Å². The minimum Gasteiger partial charge on any atom is -0.371 e. The third kappa shape index (κ3) is 6.36. The van der Waals surface area contributed by atoms with Gasteiger partial charge in [-0.25, -0.2) is 17.6 Å². The maximum absolute atomic E-state index is 16.3. The number of carbonyl (C=O) groups is 4. The Morgan fingerprint density at radius 1 is 0.917 bits per heavy atom. The maximum Gasteiger partial charge on any atom is 0.259 e. The summed E-state index contributed by atoms with van der Waals surface area (Å²) in [6.45, 7) is 7.61. The van der Waals surface area contributed by atoms with Gasteiger partial charge in [0.25, 0.3) is 12.3 Å². The van der Waals surface area contributed by atoms with Crippen LogP contribution in [0.5, 0.6) is 0 Å². The molecule has 3 aromatic carbocycles. The summed E-state index contributed by atoms with van der Waals surface area (Å²) in [6, 6.07) is 12.1. The van der Waals surface area contributed by atoms with E-state index in [1.165, 1.54) is 21.9 Å². The van der Waals surface area contributed by atoms with Gasteiger partial charge in [-0.3, -0.25) is 39.2 Å². The van der Waals surface area contributed by atoms with Crippen LogP contribution in [0.3, 0.4) is 0 Å². The summed E-state index contributed by atoms with van der Waals surface area (Å²) in [5.74, 6) is -2.64. The van der Waals surface area contributed by atoms with Gasteiger partial charge in [0.2, 0.25) is 11.8 Å². The number of Topliss-reactive ketones (excluding diaryl/α,β-unsaturated/α-hetero) is 1. The van der Waals surface area contributed by atoms with Gasteiger partial charge in [0.1, 0.15) is 23.5 Å². The van der Waals surface area contributed by atoms with Crippen LogP contribution >= 0.6 is 0 Å². The number of carbonyl (C=O) groups excluding carboxylic acids is 4. The van der Waals surface area contributed by atoms with E-state index in [-0.39, 0.29) is 59.9 Å². The van der Waals surface area contributed by atoms with Crippen molar-refractivity contribution in [2.45, 2.75) is 95.6 Å². The average molecular weight is 823 g/mol. The molecule has 10 nitrogen and oxygen atoms in total. The molecule has 6 heterocycles. The number of hydrogen-bond donors (Lipinski definition) is 2. The molecule has 10 rings (SSSR count). The van der Waals surface area contributed by atoms with E-state index in [9.17, 15) is 28.0 Å². The highest BCUT2D eigenvalue weighted by molar-refractivity contribution is 6.12. The van der Waals surface area contributed by atoms with E-state index < -0.39 is 42.6 Å². The van der Waals surface area contributed by atoms with Crippen molar-refractivity contribution in [3.8, 4) is 0 Å². The SMILES string of the molecule is C=C1c2cc3c(cc2C(=O)N1C1CCC(=O)NC1=O)CN(C1CC(C(=O)C2CCN(c4cc(F)c([C@@H]5c6[nH]c7ccccc7c6C[C@@H](C)N5CC(F)F)c(F)c4)CC2)C1)C3.